The number of rotatable bonds is 13. The Morgan fingerprint density at radius 2 is 1.70 bits per heavy atom. The number of Topliss-reactive ketones (excluding diaryl/α,β-unsaturated/α-hetero) is 1. The van der Waals surface area contributed by atoms with E-state index in [0.29, 0.717) is 19.4 Å². The van der Waals surface area contributed by atoms with Crippen molar-refractivity contribution in [3.8, 4) is 0 Å². The van der Waals surface area contributed by atoms with Gasteiger partial charge in [-0.25, -0.2) is 0 Å². The van der Waals surface area contributed by atoms with Crippen molar-refractivity contribution in [2.75, 3.05) is 19.8 Å². The zero-order valence-electron chi connectivity index (χ0n) is 17.1. The lowest BCUT2D eigenvalue weighted by molar-refractivity contribution is -0.172. The van der Waals surface area contributed by atoms with E-state index in [1.54, 1.807) is 13.8 Å². The Balaban J connectivity index is 2.48. The minimum Gasteiger partial charge on any atom is -0.466 e. The second kappa shape index (κ2) is 12.1. The third kappa shape index (κ3) is 7.58. The van der Waals surface area contributed by atoms with Gasteiger partial charge in [0.1, 0.15) is 11.7 Å². The van der Waals surface area contributed by atoms with E-state index >= 15 is 0 Å². The van der Waals surface area contributed by atoms with Gasteiger partial charge in [0.15, 0.2) is 5.79 Å². The quantitative estimate of drug-likeness (QED) is 0.355. The summed E-state index contributed by atoms with van der Waals surface area (Å²) in [6.07, 6.45) is 3.24. The Bertz CT molecular complexity index is 485. The highest BCUT2D eigenvalue weighted by molar-refractivity contribution is 5.99. The molecule has 0 saturated carbocycles. The van der Waals surface area contributed by atoms with Gasteiger partial charge in [0.2, 0.25) is 0 Å². The third-order valence-corrected chi connectivity index (χ3v) is 4.84. The number of ketones is 1. The second-order valence-corrected chi connectivity index (χ2v) is 6.68. The highest BCUT2D eigenvalue weighted by Gasteiger charge is 2.38. The molecule has 27 heavy (non-hydrogen) atoms. The molecular formula is C20H34O7. The predicted molar refractivity (Wildman–Crippen MR) is 99.0 cm³/mol. The van der Waals surface area contributed by atoms with E-state index < -0.39 is 23.6 Å². The molecule has 0 aromatic heterocycles. The SMILES string of the molecule is CCOC(=O)CCC(C(=O)CCC[C@H]1COC(CC)(CC)O1)C(=O)OCC. The van der Waals surface area contributed by atoms with Gasteiger partial charge in [-0.1, -0.05) is 13.8 Å². The van der Waals surface area contributed by atoms with Gasteiger partial charge in [0.05, 0.1) is 25.9 Å². The molecule has 156 valence electrons. The highest BCUT2D eigenvalue weighted by atomic mass is 16.7. The van der Waals surface area contributed by atoms with E-state index in [1.807, 2.05) is 13.8 Å². The molecule has 1 unspecified atom stereocenters. The molecule has 0 amide bonds. The monoisotopic (exact) mass is 386 g/mol. The minimum atomic E-state index is -0.916. The van der Waals surface area contributed by atoms with E-state index in [9.17, 15) is 14.4 Å². The van der Waals surface area contributed by atoms with Crippen LogP contribution in [0.5, 0.6) is 0 Å². The van der Waals surface area contributed by atoms with E-state index in [-0.39, 0.29) is 44.4 Å². The smallest absolute Gasteiger partial charge is 0.316 e. The summed E-state index contributed by atoms with van der Waals surface area (Å²) in [6, 6.07) is 0. The predicted octanol–water partition coefficient (Wildman–Crippen LogP) is 3.18. The van der Waals surface area contributed by atoms with Crippen LogP contribution >= 0.6 is 0 Å². The van der Waals surface area contributed by atoms with Crippen LogP contribution in [0.25, 0.3) is 0 Å². The van der Waals surface area contributed by atoms with Gasteiger partial charge in [0, 0.05) is 12.8 Å². The van der Waals surface area contributed by atoms with Crippen LogP contribution in [-0.2, 0) is 33.3 Å². The second-order valence-electron chi connectivity index (χ2n) is 6.68. The number of hydrogen-bond donors (Lipinski definition) is 0. The fraction of sp³-hybridized carbons (Fsp3) is 0.850. The van der Waals surface area contributed by atoms with Crippen molar-refractivity contribution in [2.45, 2.75) is 84.5 Å². The molecule has 0 aromatic carbocycles. The Kier molecular flexibility index (Phi) is 10.5. The number of ether oxygens (including phenoxy) is 4. The Morgan fingerprint density at radius 3 is 2.26 bits per heavy atom. The summed E-state index contributed by atoms with van der Waals surface area (Å²) >= 11 is 0. The summed E-state index contributed by atoms with van der Waals surface area (Å²) in [6.45, 7) is 8.47. The van der Waals surface area contributed by atoms with Gasteiger partial charge in [-0.2, -0.15) is 0 Å². The van der Waals surface area contributed by atoms with Gasteiger partial charge in [-0.3, -0.25) is 14.4 Å². The van der Waals surface area contributed by atoms with Crippen LogP contribution in [0.1, 0.15) is 72.6 Å². The number of carbonyl (C=O) groups excluding carboxylic acids is 3. The molecule has 1 heterocycles. The molecule has 0 N–H and O–H groups in total. The van der Waals surface area contributed by atoms with Crippen molar-refractivity contribution in [2.24, 2.45) is 5.92 Å². The maximum Gasteiger partial charge on any atom is 0.316 e. The lowest BCUT2D eigenvalue weighted by Crippen LogP contribution is -2.29. The molecular weight excluding hydrogens is 352 g/mol. The molecule has 1 aliphatic rings. The van der Waals surface area contributed by atoms with Crippen LogP contribution in [0.15, 0.2) is 0 Å². The fourth-order valence-corrected chi connectivity index (χ4v) is 3.21. The van der Waals surface area contributed by atoms with Crippen molar-refractivity contribution in [3.05, 3.63) is 0 Å². The van der Waals surface area contributed by atoms with Crippen LogP contribution in [0.4, 0.5) is 0 Å². The molecule has 1 saturated heterocycles. The third-order valence-electron chi connectivity index (χ3n) is 4.84. The maximum absolute atomic E-state index is 12.5. The Morgan fingerprint density at radius 1 is 1.04 bits per heavy atom. The highest BCUT2D eigenvalue weighted by Crippen LogP contribution is 2.32. The molecule has 1 aliphatic heterocycles. The first-order valence-electron chi connectivity index (χ1n) is 10.1. The van der Waals surface area contributed by atoms with Gasteiger partial charge < -0.3 is 18.9 Å². The summed E-state index contributed by atoms with van der Waals surface area (Å²) in [7, 11) is 0. The minimum absolute atomic E-state index is 0.0259. The number of carbonyl (C=O) groups is 3. The molecule has 7 heteroatoms. The van der Waals surface area contributed by atoms with Crippen LogP contribution in [0.2, 0.25) is 0 Å². The van der Waals surface area contributed by atoms with Gasteiger partial charge in [-0.15, -0.1) is 0 Å². The normalized spacial score (nSPS) is 19.5. The fourth-order valence-electron chi connectivity index (χ4n) is 3.21. The van der Waals surface area contributed by atoms with Crippen LogP contribution in [-0.4, -0.2) is 49.4 Å². The summed E-state index contributed by atoms with van der Waals surface area (Å²) in [5, 5.41) is 0. The zero-order valence-corrected chi connectivity index (χ0v) is 17.1. The van der Waals surface area contributed by atoms with Crippen molar-refractivity contribution in [1.29, 1.82) is 0 Å². The number of esters is 2. The molecule has 1 fully saturated rings. The molecule has 7 nitrogen and oxygen atoms in total. The molecule has 0 spiro atoms. The van der Waals surface area contributed by atoms with Gasteiger partial charge in [0.25, 0.3) is 0 Å². The summed E-state index contributed by atoms with van der Waals surface area (Å²) in [5.41, 5.74) is 0. The van der Waals surface area contributed by atoms with E-state index in [4.69, 9.17) is 18.9 Å². The van der Waals surface area contributed by atoms with E-state index in [0.717, 1.165) is 12.8 Å². The van der Waals surface area contributed by atoms with E-state index in [2.05, 4.69) is 0 Å². The molecule has 0 bridgehead atoms. The standard InChI is InChI=1S/C20H34O7/c1-5-20(6-2)26-14-15(27-20)10-9-11-17(21)16(19(23)25-8-4)12-13-18(22)24-7-3/h15-16H,5-14H2,1-4H3/t15-,16?/m0/s1. The zero-order chi connectivity index (χ0) is 20.3. The van der Waals surface area contributed by atoms with E-state index in [1.165, 1.54) is 0 Å². The lowest BCUT2D eigenvalue weighted by Gasteiger charge is -2.25. The summed E-state index contributed by atoms with van der Waals surface area (Å²) < 4.78 is 21.6. The first kappa shape index (κ1) is 23.6. The van der Waals surface area contributed by atoms with Crippen LogP contribution < -0.4 is 0 Å². The van der Waals surface area contributed by atoms with Gasteiger partial charge in [-0.05, 0) is 46.0 Å². The first-order chi connectivity index (χ1) is 12.9. The lowest BCUT2D eigenvalue weighted by atomic mass is 9.94. The summed E-state index contributed by atoms with van der Waals surface area (Å²) in [5.74, 6) is -2.59. The van der Waals surface area contributed by atoms with Crippen molar-refractivity contribution >= 4 is 17.7 Å². The maximum atomic E-state index is 12.5. The Labute approximate surface area is 162 Å². The van der Waals surface area contributed by atoms with Crippen molar-refractivity contribution in [1.82, 2.24) is 0 Å². The van der Waals surface area contributed by atoms with Crippen molar-refractivity contribution < 1.29 is 33.3 Å². The number of hydrogen-bond acceptors (Lipinski definition) is 7. The van der Waals surface area contributed by atoms with Gasteiger partial charge >= 0.3 is 11.9 Å². The molecule has 0 radical (unpaired) electrons. The average molecular weight is 386 g/mol. The van der Waals surface area contributed by atoms with Crippen LogP contribution in [0.3, 0.4) is 0 Å². The van der Waals surface area contributed by atoms with Crippen molar-refractivity contribution in [3.63, 3.8) is 0 Å². The van der Waals surface area contributed by atoms with Crippen LogP contribution in [0, 0.1) is 5.92 Å². The molecule has 0 aromatic rings. The Hall–Kier alpha value is -1.47. The average Bonchev–Trinajstić information content (AvgIpc) is 3.06. The topological polar surface area (TPSA) is 88.1 Å². The molecule has 1 rings (SSSR count). The first-order valence-corrected chi connectivity index (χ1v) is 10.1. The summed E-state index contributed by atoms with van der Waals surface area (Å²) in [4.78, 5) is 36.2. The molecule has 0 aliphatic carbocycles. The largest absolute Gasteiger partial charge is 0.466 e. The molecule has 2 atom stereocenters.